The van der Waals surface area contributed by atoms with Crippen molar-refractivity contribution in [3.8, 4) is 40.6 Å². The van der Waals surface area contributed by atoms with Crippen molar-refractivity contribution in [2.45, 2.75) is 148 Å². The number of aryl methyl sites for hydroxylation is 1. The third-order valence-corrected chi connectivity index (χ3v) is 21.7. The van der Waals surface area contributed by atoms with E-state index in [1.807, 2.05) is 104 Å². The molecule has 6 aromatic carbocycles. The fraction of sp³-hybridized carbons (Fsp3) is 0.455. The maximum Gasteiger partial charge on any atom is 0.416 e. The van der Waals surface area contributed by atoms with Gasteiger partial charge >= 0.3 is 6.09 Å². The Bertz CT molecular complexity index is 4480. The lowest BCUT2D eigenvalue weighted by Gasteiger charge is -2.31. The molecule has 1 aliphatic carbocycles. The summed E-state index contributed by atoms with van der Waals surface area (Å²) in [6, 6.07) is 35.4. The van der Waals surface area contributed by atoms with Gasteiger partial charge in [0.15, 0.2) is 35.0 Å². The molecule has 0 radical (unpaired) electrons. The summed E-state index contributed by atoms with van der Waals surface area (Å²) in [5.41, 5.74) is 8.35. The lowest BCUT2D eigenvalue weighted by Crippen LogP contribution is -2.50. The number of nitrogens with zero attached hydrogens (tertiary/aromatic N) is 4. The van der Waals surface area contributed by atoms with Crippen molar-refractivity contribution in [3.63, 3.8) is 0 Å². The zero-order chi connectivity index (χ0) is 78.8. The molecule has 0 aromatic heterocycles. The Labute approximate surface area is 654 Å². The maximum absolute atomic E-state index is 14.5. The van der Waals surface area contributed by atoms with Gasteiger partial charge in [-0.05, 0) is 145 Å². The standard InChI is InChI=1S/C88H101N5O19/c1-57(2)71(48-69(95)32-38-107-40-42-109-44-43-108-41-39-106-37-31-68(94)16-11-18-82(97)91-53-65-15-8-7-13-61(65)23-24-63-14-9-10-17-74(63)91)83(98)89-58(3)77(96)45-59-19-21-60(22-20-59)55-112-87(102)93-75-51-81(79(105-6)50-73(75)85(100)92-56-88(33-34-88)52-76(92)86(93)101)111-36-12-35-110-80-47-64-25-28-67-46-66(62-26-29-70(103-4)30-27-62)54-90(67)84(99)72(64)49-78(80)104-5/h7-10,13-15,17,19-22,26-27,29-30,47,49-51,54,57-58,67,71,76,86,101H,11-12,16,18,25,28,31-46,48,52-53,55-56H2,1-6H3,(H,89,98)/t58-,67+,71-,76-,86-/m0/s1. The third kappa shape index (κ3) is 20.3. The van der Waals surface area contributed by atoms with E-state index in [4.69, 9.17) is 47.4 Å². The molecule has 5 heterocycles. The first-order valence-corrected chi connectivity index (χ1v) is 38.9. The highest BCUT2D eigenvalue weighted by Gasteiger charge is 2.58. The van der Waals surface area contributed by atoms with Crippen molar-refractivity contribution in [2.75, 3.05) is 104 Å². The van der Waals surface area contributed by atoms with Gasteiger partial charge in [-0.2, -0.15) is 0 Å². The van der Waals surface area contributed by atoms with Crippen molar-refractivity contribution >= 4 is 64.0 Å². The zero-order valence-electron chi connectivity index (χ0n) is 64.8. The molecular weight excluding hydrogens is 1430 g/mol. The summed E-state index contributed by atoms with van der Waals surface area (Å²) in [5.74, 6) is 6.45. The number of hydrogen-bond acceptors (Lipinski definition) is 19. The number of hydrogen-bond donors (Lipinski definition) is 2. The van der Waals surface area contributed by atoms with E-state index in [1.54, 1.807) is 54.2 Å². The normalized spacial score (nSPS) is 17.5. The molecule has 112 heavy (non-hydrogen) atoms. The summed E-state index contributed by atoms with van der Waals surface area (Å²) in [6.45, 7) is 8.54. The molecule has 1 spiro atoms. The summed E-state index contributed by atoms with van der Waals surface area (Å²) < 4.78 is 57.9. The van der Waals surface area contributed by atoms with Crippen LogP contribution in [0.4, 0.5) is 16.2 Å². The van der Waals surface area contributed by atoms with Crippen LogP contribution in [-0.4, -0.2) is 180 Å². The topological polar surface area (TPSA) is 274 Å². The van der Waals surface area contributed by atoms with Crippen LogP contribution in [0.2, 0.25) is 0 Å². The first-order chi connectivity index (χ1) is 54.3. The van der Waals surface area contributed by atoms with Gasteiger partial charge in [0.25, 0.3) is 11.8 Å². The van der Waals surface area contributed by atoms with Gasteiger partial charge in [-0.25, -0.2) is 9.69 Å². The number of aliphatic hydroxyl groups excluding tert-OH is 1. The van der Waals surface area contributed by atoms with Gasteiger partial charge in [0.05, 0.1) is 123 Å². The van der Waals surface area contributed by atoms with E-state index in [-0.39, 0.29) is 160 Å². The number of benzene rings is 6. The summed E-state index contributed by atoms with van der Waals surface area (Å²) >= 11 is 0. The molecule has 0 bridgehead atoms. The number of nitrogens with one attached hydrogen (secondary N) is 1. The van der Waals surface area contributed by atoms with Crippen LogP contribution in [0.3, 0.4) is 0 Å². The van der Waals surface area contributed by atoms with Crippen LogP contribution >= 0.6 is 0 Å². The van der Waals surface area contributed by atoms with Crippen LogP contribution in [-0.2, 0) is 73.7 Å². The molecule has 1 saturated carbocycles. The summed E-state index contributed by atoms with van der Waals surface area (Å²) in [4.78, 5) is 116. The number of aliphatic hydroxyl groups is 1. The van der Waals surface area contributed by atoms with Crippen molar-refractivity contribution in [2.24, 2.45) is 17.3 Å². The average molecular weight is 1530 g/mol. The number of fused-ring (bicyclic) bond motifs is 6. The third-order valence-electron chi connectivity index (χ3n) is 21.7. The van der Waals surface area contributed by atoms with E-state index in [2.05, 4.69) is 17.2 Å². The molecule has 1 saturated heterocycles. The molecule has 592 valence electrons. The van der Waals surface area contributed by atoms with Gasteiger partial charge < -0.3 is 72.5 Å². The average Bonchev–Trinajstić information content (AvgIpc) is 1.56. The number of Topliss-reactive ketones (excluding diaryl/α,β-unsaturated/α-hetero) is 3. The summed E-state index contributed by atoms with van der Waals surface area (Å²) in [6.07, 6.45) is 5.76. The van der Waals surface area contributed by atoms with Crippen molar-refractivity contribution < 1.29 is 90.8 Å². The Morgan fingerprint density at radius 3 is 1.91 bits per heavy atom. The highest BCUT2D eigenvalue weighted by molar-refractivity contribution is 6.06. The number of methoxy groups -OCH3 is 3. The first kappa shape index (κ1) is 81.1. The molecule has 2 N–H and O–H groups in total. The summed E-state index contributed by atoms with van der Waals surface area (Å²) in [7, 11) is 4.63. The van der Waals surface area contributed by atoms with Crippen LogP contribution in [0.5, 0.6) is 28.7 Å². The molecule has 5 atom stereocenters. The second-order valence-electron chi connectivity index (χ2n) is 29.8. The van der Waals surface area contributed by atoms with Crippen LogP contribution < -0.4 is 38.8 Å². The number of amides is 5. The SMILES string of the molecule is COc1ccc(C2=CN3C(=O)c4cc(OC)c(OCCCOc5cc6c(cc5OC)C(=O)N5CC7(CC7)C[C@H]5[C@H](O)N6C(=O)OCc5ccc(CC(=O)[C@H](C)NC(=O)[C@@H](CC(=O)CCOCCOCCOCCOCCC(=O)CCCC(=O)N6Cc7ccccc7C#Cc7ccccc76)C(C)C)cc5)cc4CC[C@@H]3C2)cc1. The van der Waals surface area contributed by atoms with Gasteiger partial charge in [0.2, 0.25) is 11.8 Å². The number of anilines is 2. The van der Waals surface area contributed by atoms with Crippen molar-refractivity contribution in [1.82, 2.24) is 15.1 Å². The highest BCUT2D eigenvalue weighted by Crippen LogP contribution is 2.57. The smallest absolute Gasteiger partial charge is 0.416 e. The fourth-order valence-corrected chi connectivity index (χ4v) is 15.0. The molecular formula is C88H101N5O19. The highest BCUT2D eigenvalue weighted by atomic mass is 16.6. The lowest BCUT2D eigenvalue weighted by molar-refractivity contribution is -0.133. The molecule has 0 unspecified atom stereocenters. The Morgan fingerprint density at radius 2 is 1.24 bits per heavy atom. The van der Waals surface area contributed by atoms with Crippen LogP contribution in [0.1, 0.15) is 157 Å². The van der Waals surface area contributed by atoms with Gasteiger partial charge in [-0.3, -0.25) is 33.6 Å². The van der Waals surface area contributed by atoms with Gasteiger partial charge in [0.1, 0.15) is 23.9 Å². The second kappa shape index (κ2) is 38.2. The van der Waals surface area contributed by atoms with Crippen LogP contribution in [0.15, 0.2) is 128 Å². The fourth-order valence-electron chi connectivity index (χ4n) is 15.0. The Kier molecular flexibility index (Phi) is 27.7. The first-order valence-electron chi connectivity index (χ1n) is 38.9. The zero-order valence-corrected chi connectivity index (χ0v) is 64.8. The molecule has 5 amide bonds. The minimum absolute atomic E-state index is 0.0109. The largest absolute Gasteiger partial charge is 0.497 e. The quantitative estimate of drug-likeness (QED) is 0.0268. The van der Waals surface area contributed by atoms with E-state index in [9.17, 15) is 43.5 Å². The molecule has 24 nitrogen and oxygen atoms in total. The maximum atomic E-state index is 14.5. The van der Waals surface area contributed by atoms with E-state index in [0.717, 1.165) is 75.4 Å². The van der Waals surface area contributed by atoms with Crippen molar-refractivity contribution in [1.29, 1.82) is 0 Å². The Morgan fingerprint density at radius 1 is 0.616 bits per heavy atom. The number of ether oxygens (including phenoxy) is 10. The van der Waals surface area contributed by atoms with Crippen LogP contribution in [0.25, 0.3) is 5.57 Å². The Hall–Kier alpha value is -10.4. The molecule has 2 fully saturated rings. The number of rotatable bonds is 39. The van der Waals surface area contributed by atoms with E-state index >= 15 is 0 Å². The second-order valence-corrected chi connectivity index (χ2v) is 29.8. The van der Waals surface area contributed by atoms with E-state index in [1.165, 1.54) is 26.4 Å². The number of carbonyl (C=O) groups excluding carboxylic acids is 8. The molecule has 6 aliphatic rings. The number of ketones is 3. The van der Waals surface area contributed by atoms with Gasteiger partial charge in [-0.1, -0.05) is 92.4 Å². The van der Waals surface area contributed by atoms with E-state index in [0.29, 0.717) is 93.4 Å². The molecule has 6 aromatic rings. The minimum Gasteiger partial charge on any atom is -0.497 e. The predicted octanol–water partition coefficient (Wildman–Crippen LogP) is 11.6. The van der Waals surface area contributed by atoms with Crippen LogP contribution in [0, 0.1) is 29.1 Å². The monoisotopic (exact) mass is 1530 g/mol. The number of carbonyl (C=O) groups is 8. The summed E-state index contributed by atoms with van der Waals surface area (Å²) in [5, 5.41) is 15.1. The number of para-hydroxylation sites is 1. The van der Waals surface area contributed by atoms with Crippen molar-refractivity contribution in [3.05, 3.63) is 178 Å². The minimum atomic E-state index is -1.47. The molecule has 24 heteroatoms. The van der Waals surface area contributed by atoms with Gasteiger partial charge in [-0.15, -0.1) is 0 Å². The van der Waals surface area contributed by atoms with Gasteiger partial charge in [0, 0.05) is 92.4 Å². The van der Waals surface area contributed by atoms with E-state index < -0.39 is 36.2 Å². The molecule has 12 rings (SSSR count). The Balaban J connectivity index is 0.534. The predicted molar refractivity (Wildman–Crippen MR) is 417 cm³/mol. The molecule has 5 aliphatic heterocycles. The lowest BCUT2D eigenvalue weighted by atomic mass is 9.88.